The molecule has 0 bridgehead atoms. The zero-order valence-corrected chi connectivity index (χ0v) is 12.6. The lowest BCUT2D eigenvalue weighted by molar-refractivity contribution is -0.135. The number of carbonyl (C=O) groups excluding carboxylic acids is 1. The lowest BCUT2D eigenvalue weighted by atomic mass is 9.74. The highest BCUT2D eigenvalue weighted by Gasteiger charge is 2.37. The lowest BCUT2D eigenvalue weighted by Crippen LogP contribution is -2.49. The number of amides is 1. The number of nitrogens with zero attached hydrogens (tertiary/aromatic N) is 1. The first kappa shape index (κ1) is 14.8. The molecular weight excluding hydrogens is 240 g/mol. The van der Waals surface area contributed by atoms with Gasteiger partial charge in [0.25, 0.3) is 0 Å². The number of piperidine rings is 1. The van der Waals surface area contributed by atoms with Crippen LogP contribution in [-0.4, -0.2) is 49.7 Å². The highest BCUT2D eigenvalue weighted by molar-refractivity contribution is 5.82. The van der Waals surface area contributed by atoms with E-state index in [4.69, 9.17) is 4.74 Å². The molecule has 0 radical (unpaired) electrons. The van der Waals surface area contributed by atoms with Gasteiger partial charge in [0.1, 0.15) is 0 Å². The van der Waals surface area contributed by atoms with Gasteiger partial charge < -0.3 is 15.0 Å². The molecule has 2 aliphatic rings. The second-order valence-electron chi connectivity index (χ2n) is 6.09. The molecule has 1 amide bonds. The van der Waals surface area contributed by atoms with Crippen molar-refractivity contribution in [3.8, 4) is 0 Å². The molecule has 2 atom stereocenters. The molecule has 0 saturated carbocycles. The third kappa shape index (κ3) is 3.11. The molecule has 2 rings (SSSR count). The van der Waals surface area contributed by atoms with E-state index in [9.17, 15) is 4.79 Å². The van der Waals surface area contributed by atoms with Crippen molar-refractivity contribution < 1.29 is 9.53 Å². The smallest absolute Gasteiger partial charge is 0.239 e. The average Bonchev–Trinajstić information content (AvgIpc) is 2.95. The van der Waals surface area contributed by atoms with Gasteiger partial charge in [0, 0.05) is 26.7 Å². The summed E-state index contributed by atoms with van der Waals surface area (Å²) in [5, 5.41) is 3.29. The van der Waals surface area contributed by atoms with E-state index in [1.54, 1.807) is 7.11 Å². The van der Waals surface area contributed by atoms with Crippen molar-refractivity contribution in [1.29, 1.82) is 0 Å². The van der Waals surface area contributed by atoms with E-state index in [0.29, 0.717) is 5.41 Å². The van der Waals surface area contributed by atoms with E-state index in [0.717, 1.165) is 38.9 Å². The topological polar surface area (TPSA) is 41.6 Å². The molecule has 4 nitrogen and oxygen atoms in total. The molecule has 2 fully saturated rings. The third-order valence-electron chi connectivity index (χ3n) is 5.36. The molecule has 2 unspecified atom stereocenters. The van der Waals surface area contributed by atoms with Crippen LogP contribution >= 0.6 is 0 Å². The van der Waals surface area contributed by atoms with Crippen molar-refractivity contribution in [3.05, 3.63) is 0 Å². The zero-order valence-electron chi connectivity index (χ0n) is 12.6. The molecule has 1 N–H and O–H groups in total. The Balaban J connectivity index is 1.86. The van der Waals surface area contributed by atoms with Gasteiger partial charge in [0.05, 0.1) is 12.1 Å². The van der Waals surface area contributed by atoms with Gasteiger partial charge in [-0.15, -0.1) is 0 Å². The third-order valence-corrected chi connectivity index (χ3v) is 5.36. The van der Waals surface area contributed by atoms with Crippen molar-refractivity contribution in [3.63, 3.8) is 0 Å². The molecule has 110 valence electrons. The Labute approximate surface area is 116 Å². The Kier molecular flexibility index (Phi) is 4.85. The average molecular weight is 268 g/mol. The van der Waals surface area contributed by atoms with Gasteiger partial charge in [0.2, 0.25) is 5.91 Å². The number of carbonyl (C=O) groups is 1. The van der Waals surface area contributed by atoms with Crippen molar-refractivity contribution in [2.75, 3.05) is 26.7 Å². The second-order valence-corrected chi connectivity index (χ2v) is 6.09. The summed E-state index contributed by atoms with van der Waals surface area (Å²) in [7, 11) is 1.72. The maximum Gasteiger partial charge on any atom is 0.239 e. The van der Waals surface area contributed by atoms with E-state index in [1.807, 2.05) is 0 Å². The van der Waals surface area contributed by atoms with Crippen molar-refractivity contribution in [2.24, 2.45) is 5.41 Å². The summed E-state index contributed by atoms with van der Waals surface area (Å²) in [5.74, 6) is 0.278. The van der Waals surface area contributed by atoms with Crippen LogP contribution in [0.15, 0.2) is 0 Å². The highest BCUT2D eigenvalue weighted by Crippen LogP contribution is 2.38. The Morgan fingerprint density at radius 2 is 1.95 bits per heavy atom. The normalized spacial score (nSPS) is 30.6. The van der Waals surface area contributed by atoms with Gasteiger partial charge >= 0.3 is 0 Å². The summed E-state index contributed by atoms with van der Waals surface area (Å²) in [6.07, 6.45) is 5.80. The van der Waals surface area contributed by atoms with E-state index in [1.165, 1.54) is 12.8 Å². The Morgan fingerprint density at radius 3 is 2.42 bits per heavy atom. The van der Waals surface area contributed by atoms with Gasteiger partial charge in [-0.05, 0) is 24.7 Å². The molecule has 2 saturated heterocycles. The van der Waals surface area contributed by atoms with Crippen LogP contribution in [0.25, 0.3) is 0 Å². The van der Waals surface area contributed by atoms with Crippen LogP contribution in [0, 0.1) is 5.41 Å². The van der Waals surface area contributed by atoms with Crippen LogP contribution in [0.2, 0.25) is 0 Å². The standard InChI is InChI=1S/C15H28N2O2/c1-4-15(5-2)6-8-17(9-7-15)14(18)13-10-12(19-3)11-16-13/h12-13,16H,4-11H2,1-3H3. The predicted molar refractivity (Wildman–Crippen MR) is 76.0 cm³/mol. The summed E-state index contributed by atoms with van der Waals surface area (Å²) in [5.41, 5.74) is 0.481. The van der Waals surface area contributed by atoms with Gasteiger partial charge in [-0.2, -0.15) is 0 Å². The first-order chi connectivity index (χ1) is 9.14. The number of hydrogen-bond donors (Lipinski definition) is 1. The number of likely N-dealkylation sites (tertiary alicyclic amines) is 1. The minimum absolute atomic E-state index is 0.0271. The zero-order chi connectivity index (χ0) is 13.9. The van der Waals surface area contributed by atoms with E-state index >= 15 is 0 Å². The minimum Gasteiger partial charge on any atom is -0.380 e. The van der Waals surface area contributed by atoms with E-state index < -0.39 is 0 Å². The van der Waals surface area contributed by atoms with Gasteiger partial charge in [-0.25, -0.2) is 0 Å². The minimum atomic E-state index is -0.0271. The second kappa shape index (κ2) is 6.23. The van der Waals surface area contributed by atoms with Crippen molar-refractivity contribution in [1.82, 2.24) is 10.2 Å². The fourth-order valence-electron chi connectivity index (χ4n) is 3.45. The molecule has 0 spiro atoms. The van der Waals surface area contributed by atoms with Crippen LogP contribution in [-0.2, 0) is 9.53 Å². The van der Waals surface area contributed by atoms with Crippen LogP contribution in [0.1, 0.15) is 46.0 Å². The fourth-order valence-corrected chi connectivity index (χ4v) is 3.45. The van der Waals surface area contributed by atoms with E-state index in [2.05, 4.69) is 24.1 Å². The Hall–Kier alpha value is -0.610. The van der Waals surface area contributed by atoms with Gasteiger partial charge in [0.15, 0.2) is 0 Å². The van der Waals surface area contributed by atoms with Gasteiger partial charge in [-0.3, -0.25) is 4.79 Å². The Morgan fingerprint density at radius 1 is 1.32 bits per heavy atom. The molecule has 0 aromatic heterocycles. The quantitative estimate of drug-likeness (QED) is 0.845. The van der Waals surface area contributed by atoms with E-state index in [-0.39, 0.29) is 18.1 Å². The molecule has 0 aromatic carbocycles. The van der Waals surface area contributed by atoms with Crippen LogP contribution in [0.3, 0.4) is 0 Å². The highest BCUT2D eigenvalue weighted by atomic mass is 16.5. The number of methoxy groups -OCH3 is 1. The fraction of sp³-hybridized carbons (Fsp3) is 0.933. The molecule has 2 heterocycles. The summed E-state index contributed by atoms with van der Waals surface area (Å²) in [4.78, 5) is 14.5. The maximum absolute atomic E-state index is 12.5. The first-order valence-electron chi connectivity index (χ1n) is 7.69. The Bertz CT molecular complexity index is 305. The molecule has 0 aliphatic carbocycles. The monoisotopic (exact) mass is 268 g/mol. The van der Waals surface area contributed by atoms with Crippen LogP contribution in [0.5, 0.6) is 0 Å². The lowest BCUT2D eigenvalue weighted by Gasteiger charge is -2.41. The van der Waals surface area contributed by atoms with Crippen LogP contribution < -0.4 is 5.32 Å². The molecule has 4 heteroatoms. The predicted octanol–water partition coefficient (Wildman–Crippen LogP) is 1.79. The maximum atomic E-state index is 12.5. The number of ether oxygens (including phenoxy) is 1. The summed E-state index contributed by atoms with van der Waals surface area (Å²) in [6.45, 7) is 7.21. The van der Waals surface area contributed by atoms with Crippen molar-refractivity contribution in [2.45, 2.75) is 58.1 Å². The summed E-state index contributed by atoms with van der Waals surface area (Å²) < 4.78 is 5.31. The summed E-state index contributed by atoms with van der Waals surface area (Å²) in [6, 6.07) is -0.0271. The number of nitrogens with one attached hydrogen (secondary N) is 1. The summed E-state index contributed by atoms with van der Waals surface area (Å²) >= 11 is 0. The first-order valence-corrected chi connectivity index (χ1v) is 7.69. The number of hydrogen-bond acceptors (Lipinski definition) is 3. The largest absolute Gasteiger partial charge is 0.380 e. The van der Waals surface area contributed by atoms with Crippen molar-refractivity contribution >= 4 is 5.91 Å². The number of rotatable bonds is 4. The SMILES string of the molecule is CCC1(CC)CCN(C(=O)C2CC(OC)CN2)CC1. The molecule has 2 aliphatic heterocycles. The molecule has 19 heavy (non-hydrogen) atoms. The van der Waals surface area contributed by atoms with Gasteiger partial charge in [-0.1, -0.05) is 26.7 Å². The van der Waals surface area contributed by atoms with Crippen LogP contribution in [0.4, 0.5) is 0 Å². The molecular formula is C15H28N2O2. The molecule has 0 aromatic rings.